The van der Waals surface area contributed by atoms with E-state index in [0.29, 0.717) is 11.1 Å². The van der Waals surface area contributed by atoms with Crippen molar-refractivity contribution in [3.05, 3.63) is 56.6 Å². The van der Waals surface area contributed by atoms with Crippen LogP contribution in [0.3, 0.4) is 0 Å². The summed E-state index contributed by atoms with van der Waals surface area (Å²) >= 11 is 5.88. The summed E-state index contributed by atoms with van der Waals surface area (Å²) in [7, 11) is 0. The predicted molar refractivity (Wildman–Crippen MR) is 105 cm³/mol. The van der Waals surface area contributed by atoms with Crippen molar-refractivity contribution in [2.45, 2.75) is 39.0 Å². The zero-order chi connectivity index (χ0) is 21.2. The first-order valence-electron chi connectivity index (χ1n) is 8.37. The van der Waals surface area contributed by atoms with Gasteiger partial charge >= 0.3 is 5.97 Å². The molecule has 0 saturated heterocycles. The van der Waals surface area contributed by atoms with Gasteiger partial charge in [0.25, 0.3) is 5.69 Å². The smallest absolute Gasteiger partial charge is 0.310 e. The summed E-state index contributed by atoms with van der Waals surface area (Å²) in [4.78, 5) is 21.9. The molecule has 2 N–H and O–H groups in total. The molecule has 0 bridgehead atoms. The number of phenols is 1. The average molecular weight is 406 g/mol. The maximum Gasteiger partial charge on any atom is 0.310 e. The van der Waals surface area contributed by atoms with Crippen LogP contribution >= 0.6 is 11.6 Å². The van der Waals surface area contributed by atoms with Gasteiger partial charge in [0.05, 0.1) is 10.8 Å². The number of hydrogen-bond acceptors (Lipinski definition) is 6. The fraction of sp³-hybridized carbons (Fsp3) is 0.316. The molecule has 2 aromatic carbocycles. The molecule has 0 aliphatic heterocycles. The number of rotatable bonds is 5. The SMILES string of the molecule is CC(C(=O)O)c1cc(N=Nc2cc(Cl)ccc2[N+](=O)[O-])c(O)c(C(C)(C)C)c1. The van der Waals surface area contributed by atoms with Gasteiger partial charge in [-0.25, -0.2) is 0 Å². The van der Waals surface area contributed by atoms with Gasteiger partial charge < -0.3 is 10.2 Å². The number of nitro benzene ring substituents is 1. The summed E-state index contributed by atoms with van der Waals surface area (Å²) in [6.45, 7) is 7.10. The van der Waals surface area contributed by atoms with Gasteiger partial charge in [-0.1, -0.05) is 38.4 Å². The van der Waals surface area contributed by atoms with Crippen LogP contribution in [0.1, 0.15) is 44.7 Å². The molecular weight excluding hydrogens is 386 g/mol. The van der Waals surface area contributed by atoms with Gasteiger partial charge in [0.1, 0.15) is 11.4 Å². The van der Waals surface area contributed by atoms with Gasteiger partial charge in [-0.2, -0.15) is 0 Å². The van der Waals surface area contributed by atoms with Crippen molar-refractivity contribution in [2.75, 3.05) is 0 Å². The Balaban J connectivity index is 2.64. The van der Waals surface area contributed by atoms with Crippen LogP contribution < -0.4 is 0 Å². The number of azo groups is 1. The number of phenolic OH excluding ortho intramolecular Hbond substituents is 1. The van der Waals surface area contributed by atoms with Crippen molar-refractivity contribution in [3.63, 3.8) is 0 Å². The summed E-state index contributed by atoms with van der Waals surface area (Å²) < 4.78 is 0. The van der Waals surface area contributed by atoms with E-state index in [1.165, 1.54) is 31.2 Å². The minimum atomic E-state index is -1.03. The summed E-state index contributed by atoms with van der Waals surface area (Å²) in [5, 5.41) is 39.2. The topological polar surface area (TPSA) is 125 Å². The van der Waals surface area contributed by atoms with Crippen LogP contribution in [0, 0.1) is 10.1 Å². The van der Waals surface area contributed by atoms with Gasteiger partial charge in [-0.15, -0.1) is 10.2 Å². The van der Waals surface area contributed by atoms with Gasteiger partial charge in [0.2, 0.25) is 0 Å². The zero-order valence-corrected chi connectivity index (χ0v) is 16.6. The Morgan fingerprint density at radius 3 is 2.32 bits per heavy atom. The first-order chi connectivity index (χ1) is 12.9. The lowest BCUT2D eigenvalue weighted by Gasteiger charge is -2.23. The number of nitro groups is 1. The molecule has 0 aromatic heterocycles. The average Bonchev–Trinajstić information content (AvgIpc) is 2.58. The minimum Gasteiger partial charge on any atom is -0.505 e. The Hall–Kier alpha value is -3.00. The quantitative estimate of drug-likeness (QED) is 0.366. The number of nitrogens with zero attached hydrogens (tertiary/aromatic N) is 3. The molecule has 0 saturated carbocycles. The van der Waals surface area contributed by atoms with Crippen molar-refractivity contribution in [1.29, 1.82) is 0 Å². The fourth-order valence-corrected chi connectivity index (χ4v) is 2.69. The lowest BCUT2D eigenvalue weighted by Crippen LogP contribution is -2.14. The number of aliphatic carboxylic acids is 1. The molecule has 0 amide bonds. The third-order valence-electron chi connectivity index (χ3n) is 4.19. The number of benzene rings is 2. The number of halogens is 1. The van der Waals surface area contributed by atoms with Crippen LogP contribution in [-0.4, -0.2) is 21.1 Å². The summed E-state index contributed by atoms with van der Waals surface area (Å²) in [5.74, 6) is -2.03. The Morgan fingerprint density at radius 1 is 1.18 bits per heavy atom. The molecule has 0 aliphatic rings. The summed E-state index contributed by atoms with van der Waals surface area (Å²) in [5.41, 5.74) is 0.0804. The van der Waals surface area contributed by atoms with Crippen molar-refractivity contribution >= 4 is 34.6 Å². The lowest BCUT2D eigenvalue weighted by molar-refractivity contribution is -0.384. The molecule has 8 nitrogen and oxygen atoms in total. The molecule has 148 valence electrons. The Kier molecular flexibility index (Phi) is 6.04. The maximum absolute atomic E-state index is 11.4. The summed E-state index contributed by atoms with van der Waals surface area (Å²) in [6, 6.07) is 6.88. The highest BCUT2D eigenvalue weighted by Gasteiger charge is 2.25. The molecular formula is C19H20ClN3O5. The second-order valence-electron chi connectivity index (χ2n) is 7.34. The monoisotopic (exact) mass is 405 g/mol. The van der Waals surface area contributed by atoms with Crippen molar-refractivity contribution < 1.29 is 19.9 Å². The Morgan fingerprint density at radius 2 is 1.79 bits per heavy atom. The number of carboxylic acid groups (broad SMARTS) is 1. The molecule has 2 aromatic rings. The fourth-order valence-electron chi connectivity index (χ4n) is 2.52. The Labute approximate surface area is 166 Å². The van der Waals surface area contributed by atoms with E-state index in [-0.39, 0.29) is 27.8 Å². The Bertz CT molecular complexity index is 967. The molecule has 28 heavy (non-hydrogen) atoms. The third kappa shape index (κ3) is 4.64. The van der Waals surface area contributed by atoms with Crippen LogP contribution in [0.5, 0.6) is 5.75 Å². The number of aromatic hydroxyl groups is 1. The van der Waals surface area contributed by atoms with E-state index in [0.717, 1.165) is 0 Å². The van der Waals surface area contributed by atoms with E-state index in [4.69, 9.17) is 11.6 Å². The number of carbonyl (C=O) groups is 1. The lowest BCUT2D eigenvalue weighted by atomic mass is 9.83. The second-order valence-corrected chi connectivity index (χ2v) is 7.77. The van der Waals surface area contributed by atoms with E-state index < -0.39 is 22.2 Å². The van der Waals surface area contributed by atoms with Gasteiger partial charge in [-0.3, -0.25) is 14.9 Å². The zero-order valence-electron chi connectivity index (χ0n) is 15.8. The summed E-state index contributed by atoms with van der Waals surface area (Å²) in [6.07, 6.45) is 0. The van der Waals surface area contributed by atoms with Crippen LogP contribution in [0.25, 0.3) is 0 Å². The highest BCUT2D eigenvalue weighted by molar-refractivity contribution is 6.30. The molecule has 0 spiro atoms. The van der Waals surface area contributed by atoms with E-state index in [1.54, 1.807) is 6.07 Å². The maximum atomic E-state index is 11.4. The third-order valence-corrected chi connectivity index (χ3v) is 4.43. The highest BCUT2D eigenvalue weighted by Crippen LogP contribution is 2.41. The number of carboxylic acids is 1. The van der Waals surface area contributed by atoms with Gasteiger partial charge in [-0.05, 0) is 36.1 Å². The van der Waals surface area contributed by atoms with Crippen LogP contribution in [0.4, 0.5) is 17.1 Å². The molecule has 2 rings (SSSR count). The minimum absolute atomic E-state index is 0.0183. The predicted octanol–water partition coefficient (Wildman–Crippen LogP) is 5.85. The molecule has 0 heterocycles. The van der Waals surface area contributed by atoms with Crippen LogP contribution in [0.2, 0.25) is 5.02 Å². The molecule has 0 fully saturated rings. The standard InChI is InChI=1S/C19H20ClN3O5/c1-10(18(25)26)11-7-13(19(2,3)4)17(24)15(8-11)22-21-14-9-12(20)5-6-16(14)23(27)28/h5-10,24H,1-4H3,(H,25,26). The van der Waals surface area contributed by atoms with Crippen LogP contribution in [0.15, 0.2) is 40.6 Å². The molecule has 0 aliphatic carbocycles. The van der Waals surface area contributed by atoms with Crippen molar-refractivity contribution in [3.8, 4) is 5.75 Å². The second kappa shape index (κ2) is 7.93. The van der Waals surface area contributed by atoms with Crippen molar-refractivity contribution in [2.24, 2.45) is 10.2 Å². The first-order valence-corrected chi connectivity index (χ1v) is 8.75. The molecule has 1 atom stereocenters. The molecule has 0 radical (unpaired) electrons. The van der Waals surface area contributed by atoms with E-state index >= 15 is 0 Å². The highest BCUT2D eigenvalue weighted by atomic mass is 35.5. The first kappa shape index (κ1) is 21.3. The van der Waals surface area contributed by atoms with Gasteiger partial charge in [0.15, 0.2) is 5.69 Å². The number of hydrogen-bond donors (Lipinski definition) is 2. The van der Waals surface area contributed by atoms with Gasteiger partial charge in [0, 0.05) is 16.7 Å². The van der Waals surface area contributed by atoms with E-state index in [1.807, 2.05) is 20.8 Å². The van der Waals surface area contributed by atoms with Crippen LogP contribution in [-0.2, 0) is 10.2 Å². The molecule has 1 unspecified atom stereocenters. The largest absolute Gasteiger partial charge is 0.505 e. The molecule has 9 heteroatoms. The van der Waals surface area contributed by atoms with Crippen molar-refractivity contribution in [1.82, 2.24) is 0 Å². The normalized spacial score (nSPS) is 12.9. The van der Waals surface area contributed by atoms with E-state index in [9.17, 15) is 25.1 Å². The van der Waals surface area contributed by atoms with E-state index in [2.05, 4.69) is 10.2 Å².